The lowest BCUT2D eigenvalue weighted by Crippen LogP contribution is -2.32. The smallest absolute Gasteiger partial charge is 0.140 e. The molecule has 0 saturated heterocycles. The number of benzene rings is 1. The fourth-order valence-corrected chi connectivity index (χ4v) is 4.90. The average molecular weight is 400 g/mol. The Morgan fingerprint density at radius 3 is 2.96 bits per heavy atom. The zero-order valence-electron chi connectivity index (χ0n) is 16.9. The number of hydrogen-bond acceptors (Lipinski definition) is 5. The molecule has 2 atom stereocenters. The number of hydrogen-bond donors (Lipinski definition) is 1. The topological polar surface area (TPSA) is 58.3 Å². The lowest BCUT2D eigenvalue weighted by molar-refractivity contribution is 0.271. The molecule has 28 heavy (non-hydrogen) atoms. The Labute approximate surface area is 172 Å². The molecule has 0 amide bonds. The highest BCUT2D eigenvalue weighted by Crippen LogP contribution is 2.46. The van der Waals surface area contributed by atoms with E-state index in [4.69, 9.17) is 22.3 Å². The lowest BCUT2D eigenvalue weighted by Gasteiger charge is -2.25. The summed E-state index contributed by atoms with van der Waals surface area (Å²) in [5.74, 6) is 2.01. The molecule has 6 heteroatoms. The molecule has 0 bridgehead atoms. The molecule has 0 saturated carbocycles. The van der Waals surface area contributed by atoms with Crippen LogP contribution in [0.2, 0.25) is 5.02 Å². The van der Waals surface area contributed by atoms with E-state index < -0.39 is 0 Å². The lowest BCUT2D eigenvalue weighted by atomic mass is 10.0. The number of nitrogens with zero attached hydrogens (tertiary/aromatic N) is 4. The summed E-state index contributed by atoms with van der Waals surface area (Å²) in [6, 6.07) is 6.29. The predicted octanol–water partition coefficient (Wildman–Crippen LogP) is 4.09. The molecule has 2 unspecified atom stereocenters. The van der Waals surface area contributed by atoms with Crippen molar-refractivity contribution in [3.63, 3.8) is 0 Å². The van der Waals surface area contributed by atoms with Gasteiger partial charge in [-0.15, -0.1) is 0 Å². The summed E-state index contributed by atoms with van der Waals surface area (Å²) < 4.78 is 0. The van der Waals surface area contributed by atoms with Crippen LogP contribution in [0.3, 0.4) is 0 Å². The fourth-order valence-electron chi connectivity index (χ4n) is 4.72. The normalized spacial score (nSPS) is 20.7. The van der Waals surface area contributed by atoms with Gasteiger partial charge >= 0.3 is 0 Å². The molecule has 150 valence electrons. The van der Waals surface area contributed by atoms with Crippen LogP contribution in [0.15, 0.2) is 24.5 Å². The van der Waals surface area contributed by atoms with E-state index in [-0.39, 0.29) is 0 Å². The van der Waals surface area contributed by atoms with Gasteiger partial charge in [-0.2, -0.15) is 0 Å². The van der Waals surface area contributed by atoms with Crippen molar-refractivity contribution in [2.24, 2.45) is 5.73 Å². The van der Waals surface area contributed by atoms with Crippen molar-refractivity contribution in [1.29, 1.82) is 0 Å². The number of aromatic nitrogens is 2. The molecule has 2 aliphatic rings. The Bertz CT molecular complexity index is 840. The second-order valence-electron chi connectivity index (χ2n) is 8.04. The van der Waals surface area contributed by atoms with E-state index in [1.165, 1.54) is 22.5 Å². The molecule has 1 aromatic heterocycles. The van der Waals surface area contributed by atoms with Gasteiger partial charge in [0.1, 0.15) is 12.1 Å². The first kappa shape index (κ1) is 19.6. The summed E-state index contributed by atoms with van der Waals surface area (Å²) in [5.41, 5.74) is 10.9. The van der Waals surface area contributed by atoms with Crippen LogP contribution in [0.25, 0.3) is 0 Å². The minimum absolute atomic E-state index is 0.411. The van der Waals surface area contributed by atoms with Crippen molar-refractivity contribution < 1.29 is 0 Å². The van der Waals surface area contributed by atoms with Crippen molar-refractivity contribution >= 4 is 23.1 Å². The molecular formula is C22H30ClN5. The molecule has 2 heterocycles. The second-order valence-corrected chi connectivity index (χ2v) is 8.48. The van der Waals surface area contributed by atoms with Crippen LogP contribution in [-0.2, 0) is 6.42 Å². The number of fused-ring (bicyclic) bond motifs is 2. The molecule has 5 nitrogen and oxygen atoms in total. The van der Waals surface area contributed by atoms with Crippen LogP contribution in [-0.4, -0.2) is 47.6 Å². The van der Waals surface area contributed by atoms with E-state index in [1.807, 2.05) is 6.07 Å². The van der Waals surface area contributed by atoms with Crippen LogP contribution >= 0.6 is 11.6 Å². The standard InChI is InChI=1S/C22H30ClN5/c1-3-27(10-4-9-24)12-16-13-28(20-8-6-17(23)11-18(16)20)22-21-15(2)5-7-19(21)25-14-26-22/h6,8,11,14-16H,3-5,7,9-10,12-13,24H2,1-2H3. The maximum Gasteiger partial charge on any atom is 0.140 e. The number of likely N-dealkylation sites (N-methyl/N-ethyl adjacent to an activating group) is 1. The van der Waals surface area contributed by atoms with Gasteiger partial charge in [0.05, 0.1) is 0 Å². The van der Waals surface area contributed by atoms with E-state index in [9.17, 15) is 0 Å². The van der Waals surface area contributed by atoms with Gasteiger partial charge in [-0.3, -0.25) is 0 Å². The zero-order chi connectivity index (χ0) is 19.7. The van der Waals surface area contributed by atoms with Crippen LogP contribution < -0.4 is 10.6 Å². The fraction of sp³-hybridized carbons (Fsp3) is 0.545. The Balaban J connectivity index is 1.68. The highest BCUT2D eigenvalue weighted by molar-refractivity contribution is 6.30. The summed E-state index contributed by atoms with van der Waals surface area (Å²) in [5, 5.41) is 0.803. The van der Waals surface area contributed by atoms with E-state index in [1.54, 1.807) is 6.33 Å². The van der Waals surface area contributed by atoms with Crippen molar-refractivity contribution in [2.75, 3.05) is 37.6 Å². The SMILES string of the molecule is CCN(CCCN)CC1CN(c2ncnc3c2C(C)CC3)c2ccc(Cl)cc21. The van der Waals surface area contributed by atoms with Gasteiger partial charge in [0.2, 0.25) is 0 Å². The van der Waals surface area contributed by atoms with Crippen LogP contribution in [0.5, 0.6) is 0 Å². The van der Waals surface area contributed by atoms with Gasteiger partial charge in [-0.05, 0) is 68.6 Å². The first-order valence-electron chi connectivity index (χ1n) is 10.5. The molecule has 0 radical (unpaired) electrons. The summed E-state index contributed by atoms with van der Waals surface area (Å²) in [7, 11) is 0. The van der Waals surface area contributed by atoms with Gasteiger partial charge in [0.25, 0.3) is 0 Å². The van der Waals surface area contributed by atoms with Gasteiger partial charge < -0.3 is 15.5 Å². The van der Waals surface area contributed by atoms with Gasteiger partial charge in [-0.1, -0.05) is 25.4 Å². The largest absolute Gasteiger partial charge is 0.330 e. The monoisotopic (exact) mass is 399 g/mol. The number of halogens is 1. The number of nitrogens with two attached hydrogens (primary N) is 1. The Morgan fingerprint density at radius 1 is 1.32 bits per heavy atom. The summed E-state index contributed by atoms with van der Waals surface area (Å²) in [6.07, 6.45) is 4.98. The Hall–Kier alpha value is -1.69. The molecule has 1 aliphatic carbocycles. The van der Waals surface area contributed by atoms with Gasteiger partial charge in [-0.25, -0.2) is 9.97 Å². The van der Waals surface area contributed by atoms with Crippen molar-refractivity contribution in [3.8, 4) is 0 Å². The van der Waals surface area contributed by atoms with Gasteiger partial charge in [0, 0.05) is 41.0 Å². The molecule has 2 aromatic rings. The van der Waals surface area contributed by atoms with Crippen LogP contribution in [0.1, 0.15) is 55.3 Å². The molecular weight excluding hydrogens is 370 g/mol. The third kappa shape index (κ3) is 3.63. The maximum atomic E-state index is 6.38. The quantitative estimate of drug-likeness (QED) is 0.759. The summed E-state index contributed by atoms with van der Waals surface area (Å²) >= 11 is 6.38. The van der Waals surface area contributed by atoms with E-state index in [0.29, 0.717) is 11.8 Å². The summed E-state index contributed by atoms with van der Waals surface area (Å²) in [6.45, 7) is 9.28. The minimum atomic E-state index is 0.411. The minimum Gasteiger partial charge on any atom is -0.330 e. The van der Waals surface area contributed by atoms with Crippen molar-refractivity contribution in [2.45, 2.75) is 44.9 Å². The third-order valence-electron chi connectivity index (χ3n) is 6.24. The van der Waals surface area contributed by atoms with Crippen molar-refractivity contribution in [1.82, 2.24) is 14.9 Å². The average Bonchev–Trinajstić information content (AvgIpc) is 3.26. The molecule has 2 N–H and O–H groups in total. The number of rotatable bonds is 7. The van der Waals surface area contributed by atoms with Crippen LogP contribution in [0, 0.1) is 0 Å². The van der Waals surface area contributed by atoms with Crippen LogP contribution in [0.4, 0.5) is 11.5 Å². The first-order valence-corrected chi connectivity index (χ1v) is 10.8. The molecule has 0 fully saturated rings. The second kappa shape index (κ2) is 8.36. The predicted molar refractivity (Wildman–Crippen MR) is 116 cm³/mol. The van der Waals surface area contributed by atoms with E-state index in [2.05, 4.69) is 40.8 Å². The molecule has 1 aliphatic heterocycles. The maximum absolute atomic E-state index is 6.38. The number of aryl methyl sites for hydroxylation is 1. The third-order valence-corrected chi connectivity index (χ3v) is 6.47. The van der Waals surface area contributed by atoms with Gasteiger partial charge in [0.15, 0.2) is 0 Å². The van der Waals surface area contributed by atoms with E-state index >= 15 is 0 Å². The molecule has 1 aromatic carbocycles. The Morgan fingerprint density at radius 2 is 2.18 bits per heavy atom. The molecule has 4 rings (SSSR count). The van der Waals surface area contributed by atoms with Crippen molar-refractivity contribution in [3.05, 3.63) is 46.4 Å². The first-order chi connectivity index (χ1) is 13.6. The number of anilines is 2. The Kier molecular flexibility index (Phi) is 5.85. The summed E-state index contributed by atoms with van der Waals surface area (Å²) in [4.78, 5) is 14.2. The van der Waals surface area contributed by atoms with E-state index in [0.717, 1.165) is 62.8 Å². The zero-order valence-corrected chi connectivity index (χ0v) is 17.6. The molecule has 0 spiro atoms. The highest BCUT2D eigenvalue weighted by atomic mass is 35.5. The highest BCUT2D eigenvalue weighted by Gasteiger charge is 2.35.